The number of methoxy groups -OCH3 is 1. The molecule has 0 unspecified atom stereocenters. The van der Waals surface area contributed by atoms with Gasteiger partial charge in [0.15, 0.2) is 0 Å². The van der Waals surface area contributed by atoms with Crippen LogP contribution in [-0.2, 0) is 0 Å². The predicted molar refractivity (Wildman–Crippen MR) is 72.2 cm³/mol. The van der Waals surface area contributed by atoms with Crippen LogP contribution in [-0.4, -0.2) is 7.11 Å². The lowest BCUT2D eigenvalue weighted by Crippen LogP contribution is -1.86. The lowest BCUT2D eigenvalue weighted by Gasteiger charge is -2.08. The fourth-order valence-electron chi connectivity index (χ4n) is 1.33. The lowest BCUT2D eigenvalue weighted by molar-refractivity contribution is 0.413. The fourth-order valence-corrected chi connectivity index (χ4v) is 2.04. The Hall–Kier alpha value is -1.19. The molecule has 0 aliphatic rings. The van der Waals surface area contributed by atoms with Gasteiger partial charge in [0.05, 0.1) is 12.1 Å². The standard InChI is InChI=1S/C13H10BrClO2/c1-16-10-3-5-11(6-4-10)17-13-7-2-9(14)8-12(13)15/h2-8H,1H3. The van der Waals surface area contributed by atoms with Crippen LogP contribution in [0.3, 0.4) is 0 Å². The van der Waals surface area contributed by atoms with Crippen LogP contribution in [0.4, 0.5) is 0 Å². The summed E-state index contributed by atoms with van der Waals surface area (Å²) >= 11 is 9.40. The third kappa shape index (κ3) is 3.14. The average Bonchev–Trinajstić information content (AvgIpc) is 2.34. The number of halogens is 2. The molecular weight excluding hydrogens is 303 g/mol. The highest BCUT2D eigenvalue weighted by Crippen LogP contribution is 2.32. The van der Waals surface area contributed by atoms with Crippen LogP contribution in [0, 0.1) is 0 Å². The molecule has 0 bridgehead atoms. The number of hydrogen-bond acceptors (Lipinski definition) is 2. The van der Waals surface area contributed by atoms with Gasteiger partial charge in [0.1, 0.15) is 17.2 Å². The molecule has 0 amide bonds. The Morgan fingerprint density at radius 1 is 1.00 bits per heavy atom. The summed E-state index contributed by atoms with van der Waals surface area (Å²) in [6.45, 7) is 0. The topological polar surface area (TPSA) is 18.5 Å². The maximum Gasteiger partial charge on any atom is 0.146 e. The minimum atomic E-state index is 0.565. The Morgan fingerprint density at radius 3 is 2.24 bits per heavy atom. The van der Waals surface area contributed by atoms with E-state index in [1.54, 1.807) is 13.2 Å². The van der Waals surface area contributed by atoms with Gasteiger partial charge >= 0.3 is 0 Å². The molecule has 0 fully saturated rings. The largest absolute Gasteiger partial charge is 0.497 e. The first kappa shape index (κ1) is 12.3. The van der Waals surface area contributed by atoms with Crippen molar-refractivity contribution >= 4 is 27.5 Å². The number of ether oxygens (including phenoxy) is 2. The molecule has 0 atom stereocenters. The maximum atomic E-state index is 6.06. The number of benzene rings is 2. The minimum absolute atomic E-state index is 0.565. The van der Waals surface area contributed by atoms with Crippen molar-refractivity contribution < 1.29 is 9.47 Å². The molecule has 0 aliphatic carbocycles. The highest BCUT2D eigenvalue weighted by molar-refractivity contribution is 9.10. The van der Waals surface area contributed by atoms with Crippen LogP contribution < -0.4 is 9.47 Å². The summed E-state index contributed by atoms with van der Waals surface area (Å²) in [5, 5.41) is 0.565. The van der Waals surface area contributed by atoms with Gasteiger partial charge in [0, 0.05) is 4.47 Å². The van der Waals surface area contributed by atoms with Crippen molar-refractivity contribution in [1.29, 1.82) is 0 Å². The van der Waals surface area contributed by atoms with Gasteiger partial charge < -0.3 is 9.47 Å². The summed E-state index contributed by atoms with van der Waals surface area (Å²) in [5.74, 6) is 2.13. The second-order valence-corrected chi connectivity index (χ2v) is 4.68. The first-order valence-electron chi connectivity index (χ1n) is 4.96. The molecule has 4 heteroatoms. The molecule has 0 N–H and O–H groups in total. The van der Waals surface area contributed by atoms with Crippen LogP contribution in [0.25, 0.3) is 0 Å². The van der Waals surface area contributed by atoms with Crippen molar-refractivity contribution in [3.8, 4) is 17.2 Å². The molecule has 17 heavy (non-hydrogen) atoms. The zero-order valence-corrected chi connectivity index (χ0v) is 11.5. The molecule has 88 valence electrons. The van der Waals surface area contributed by atoms with Crippen molar-refractivity contribution in [3.05, 3.63) is 52.0 Å². The van der Waals surface area contributed by atoms with Crippen LogP contribution in [0.1, 0.15) is 0 Å². The SMILES string of the molecule is COc1ccc(Oc2ccc(Br)cc2Cl)cc1. The summed E-state index contributed by atoms with van der Waals surface area (Å²) < 4.78 is 11.6. The quantitative estimate of drug-likeness (QED) is 0.802. The molecule has 0 heterocycles. The summed E-state index contributed by atoms with van der Waals surface area (Å²) in [5.41, 5.74) is 0. The fraction of sp³-hybridized carbons (Fsp3) is 0.0769. The molecule has 2 aromatic rings. The smallest absolute Gasteiger partial charge is 0.146 e. The zero-order valence-electron chi connectivity index (χ0n) is 9.11. The minimum Gasteiger partial charge on any atom is -0.497 e. The molecule has 2 rings (SSSR count). The predicted octanol–water partition coefficient (Wildman–Crippen LogP) is 4.90. The Morgan fingerprint density at radius 2 is 1.65 bits per heavy atom. The summed E-state index contributed by atoms with van der Waals surface area (Å²) in [7, 11) is 1.63. The highest BCUT2D eigenvalue weighted by Gasteiger charge is 2.03. The second kappa shape index (κ2) is 5.43. The molecule has 0 aromatic heterocycles. The van der Waals surface area contributed by atoms with Crippen molar-refractivity contribution in [2.75, 3.05) is 7.11 Å². The molecule has 0 radical (unpaired) electrons. The first-order chi connectivity index (χ1) is 8.19. The van der Waals surface area contributed by atoms with Crippen LogP contribution in [0.5, 0.6) is 17.2 Å². The third-order valence-electron chi connectivity index (χ3n) is 2.18. The number of rotatable bonds is 3. The van der Waals surface area contributed by atoms with E-state index in [9.17, 15) is 0 Å². The van der Waals surface area contributed by atoms with Crippen LogP contribution in [0.2, 0.25) is 5.02 Å². The Balaban J connectivity index is 2.19. The molecule has 2 aromatic carbocycles. The number of hydrogen-bond donors (Lipinski definition) is 0. The Bertz CT molecular complexity index is 511. The van der Waals surface area contributed by atoms with Gasteiger partial charge in [-0.15, -0.1) is 0 Å². The van der Waals surface area contributed by atoms with Crippen LogP contribution >= 0.6 is 27.5 Å². The zero-order chi connectivity index (χ0) is 12.3. The molecule has 0 saturated heterocycles. The van der Waals surface area contributed by atoms with E-state index >= 15 is 0 Å². The molecule has 2 nitrogen and oxygen atoms in total. The van der Waals surface area contributed by atoms with Gasteiger partial charge in [-0.25, -0.2) is 0 Å². The van der Waals surface area contributed by atoms with Gasteiger partial charge in [-0.2, -0.15) is 0 Å². The summed E-state index contributed by atoms with van der Waals surface area (Å²) in [6, 6.07) is 12.8. The maximum absolute atomic E-state index is 6.06. The van der Waals surface area contributed by atoms with E-state index in [0.717, 1.165) is 16.0 Å². The molecule has 0 saturated carbocycles. The van der Waals surface area contributed by atoms with Crippen LogP contribution in [0.15, 0.2) is 46.9 Å². The highest BCUT2D eigenvalue weighted by atomic mass is 79.9. The van der Waals surface area contributed by atoms with Crippen molar-refractivity contribution in [2.24, 2.45) is 0 Å². The van der Waals surface area contributed by atoms with E-state index in [1.807, 2.05) is 36.4 Å². The summed E-state index contributed by atoms with van der Waals surface area (Å²) in [4.78, 5) is 0. The van der Waals surface area contributed by atoms with Gasteiger partial charge in [-0.05, 0) is 42.5 Å². The molecular formula is C13H10BrClO2. The van der Waals surface area contributed by atoms with E-state index in [-0.39, 0.29) is 0 Å². The van der Waals surface area contributed by atoms with Gasteiger partial charge in [0.25, 0.3) is 0 Å². The monoisotopic (exact) mass is 312 g/mol. The van der Waals surface area contributed by atoms with Crippen molar-refractivity contribution in [2.45, 2.75) is 0 Å². The summed E-state index contributed by atoms with van der Waals surface area (Å²) in [6.07, 6.45) is 0. The first-order valence-corrected chi connectivity index (χ1v) is 6.13. The van der Waals surface area contributed by atoms with E-state index in [2.05, 4.69) is 15.9 Å². The van der Waals surface area contributed by atoms with E-state index in [1.165, 1.54) is 0 Å². The van der Waals surface area contributed by atoms with Gasteiger partial charge in [-0.3, -0.25) is 0 Å². The Labute approximate surface area is 113 Å². The third-order valence-corrected chi connectivity index (χ3v) is 2.97. The lowest BCUT2D eigenvalue weighted by atomic mass is 10.3. The van der Waals surface area contributed by atoms with Crippen molar-refractivity contribution in [1.82, 2.24) is 0 Å². The normalized spacial score (nSPS) is 10.1. The Kier molecular flexibility index (Phi) is 3.92. The van der Waals surface area contributed by atoms with E-state index in [4.69, 9.17) is 21.1 Å². The van der Waals surface area contributed by atoms with Gasteiger partial charge in [-0.1, -0.05) is 27.5 Å². The average molecular weight is 314 g/mol. The second-order valence-electron chi connectivity index (χ2n) is 3.35. The van der Waals surface area contributed by atoms with Crippen molar-refractivity contribution in [3.63, 3.8) is 0 Å². The van der Waals surface area contributed by atoms with E-state index in [0.29, 0.717) is 10.8 Å². The molecule has 0 aliphatic heterocycles. The van der Waals surface area contributed by atoms with Gasteiger partial charge in [0.2, 0.25) is 0 Å². The molecule has 0 spiro atoms. The van der Waals surface area contributed by atoms with E-state index < -0.39 is 0 Å².